The van der Waals surface area contributed by atoms with E-state index in [1.54, 1.807) is 60.8 Å². The van der Waals surface area contributed by atoms with Crippen LogP contribution in [-0.4, -0.2) is 21.8 Å². The van der Waals surface area contributed by atoms with E-state index >= 15 is 0 Å². The van der Waals surface area contributed by atoms with Crippen LogP contribution in [0.2, 0.25) is 0 Å². The lowest BCUT2D eigenvalue weighted by atomic mass is 10.1. The van der Waals surface area contributed by atoms with Gasteiger partial charge in [-0.25, -0.2) is 4.98 Å². The Morgan fingerprint density at radius 2 is 1.76 bits per heavy atom. The molecule has 0 spiro atoms. The predicted molar refractivity (Wildman–Crippen MR) is 113 cm³/mol. The third-order valence-electron chi connectivity index (χ3n) is 4.51. The number of aromatic nitrogens is 2. The van der Waals surface area contributed by atoms with Crippen LogP contribution in [0.1, 0.15) is 26.4 Å². The first-order valence-electron chi connectivity index (χ1n) is 9.07. The Hall–Kier alpha value is -4.13. The summed E-state index contributed by atoms with van der Waals surface area (Å²) in [6.07, 6.45) is 1.67. The molecule has 4 rings (SSSR count). The molecule has 29 heavy (non-hydrogen) atoms. The van der Waals surface area contributed by atoms with Crippen LogP contribution in [0.15, 0.2) is 72.9 Å². The van der Waals surface area contributed by atoms with Gasteiger partial charge in [0.15, 0.2) is 0 Å². The van der Waals surface area contributed by atoms with Gasteiger partial charge in [-0.15, -0.1) is 0 Å². The summed E-state index contributed by atoms with van der Waals surface area (Å²) >= 11 is 0. The maximum absolute atomic E-state index is 12.4. The zero-order valence-electron chi connectivity index (χ0n) is 15.5. The van der Waals surface area contributed by atoms with Gasteiger partial charge in [0.2, 0.25) is 0 Å². The molecular weight excluding hydrogens is 366 g/mol. The fourth-order valence-corrected chi connectivity index (χ4v) is 2.94. The lowest BCUT2D eigenvalue weighted by Gasteiger charge is -2.09. The van der Waals surface area contributed by atoms with Crippen molar-refractivity contribution in [3.05, 3.63) is 89.7 Å². The Balaban J connectivity index is 1.37. The van der Waals surface area contributed by atoms with E-state index in [1.807, 2.05) is 12.1 Å². The monoisotopic (exact) mass is 385 g/mol. The second-order valence-electron chi connectivity index (χ2n) is 6.55. The van der Waals surface area contributed by atoms with Gasteiger partial charge in [0.25, 0.3) is 11.8 Å². The number of H-pyrrole nitrogens is 1. The molecule has 0 aliphatic rings. The van der Waals surface area contributed by atoms with Crippen LogP contribution in [0.3, 0.4) is 0 Å². The molecular formula is C22H19N5O2. The highest BCUT2D eigenvalue weighted by atomic mass is 16.2. The summed E-state index contributed by atoms with van der Waals surface area (Å²) in [6.45, 7) is 0.342. The van der Waals surface area contributed by atoms with Crippen molar-refractivity contribution < 1.29 is 9.59 Å². The molecule has 0 radical (unpaired) electrons. The summed E-state index contributed by atoms with van der Waals surface area (Å²) in [5.41, 5.74) is 9.44. The van der Waals surface area contributed by atoms with Crippen LogP contribution in [0.25, 0.3) is 11.0 Å². The van der Waals surface area contributed by atoms with E-state index in [2.05, 4.69) is 20.6 Å². The van der Waals surface area contributed by atoms with Crippen LogP contribution in [-0.2, 0) is 6.54 Å². The predicted octanol–water partition coefficient (Wildman–Crippen LogP) is 3.33. The minimum Gasteiger partial charge on any atom is -0.397 e. The van der Waals surface area contributed by atoms with E-state index in [-0.39, 0.29) is 11.8 Å². The smallest absolute Gasteiger partial charge is 0.268 e. The highest BCUT2D eigenvalue weighted by Gasteiger charge is 2.11. The van der Waals surface area contributed by atoms with Gasteiger partial charge in [-0.1, -0.05) is 24.3 Å². The first-order valence-corrected chi connectivity index (χ1v) is 9.07. The Kier molecular flexibility index (Phi) is 4.94. The number of hydrogen-bond donors (Lipinski definition) is 4. The number of carbonyl (C=O) groups excluding carboxylic acids is 2. The van der Waals surface area contributed by atoms with Gasteiger partial charge in [0.1, 0.15) is 11.3 Å². The van der Waals surface area contributed by atoms with Gasteiger partial charge in [0, 0.05) is 23.7 Å². The largest absolute Gasteiger partial charge is 0.397 e. The van der Waals surface area contributed by atoms with Crippen molar-refractivity contribution in [3.8, 4) is 0 Å². The summed E-state index contributed by atoms with van der Waals surface area (Å²) in [5.74, 6) is -0.464. The number of anilines is 2. The average molecular weight is 385 g/mol. The summed E-state index contributed by atoms with van der Waals surface area (Å²) in [5, 5.41) is 6.53. The molecule has 2 aromatic heterocycles. The zero-order chi connectivity index (χ0) is 20.2. The Labute approximate surface area is 167 Å². The molecule has 144 valence electrons. The molecule has 2 heterocycles. The molecule has 0 saturated heterocycles. The lowest BCUT2D eigenvalue weighted by molar-refractivity contribution is 0.0945. The van der Waals surface area contributed by atoms with Gasteiger partial charge in [-0.3, -0.25) is 9.59 Å². The molecule has 0 saturated carbocycles. The fourth-order valence-electron chi connectivity index (χ4n) is 2.94. The molecule has 7 nitrogen and oxygen atoms in total. The van der Waals surface area contributed by atoms with Crippen molar-refractivity contribution in [3.63, 3.8) is 0 Å². The van der Waals surface area contributed by atoms with Crippen LogP contribution >= 0.6 is 0 Å². The Morgan fingerprint density at radius 1 is 0.966 bits per heavy atom. The van der Waals surface area contributed by atoms with Gasteiger partial charge >= 0.3 is 0 Å². The number of nitrogens with zero attached hydrogens (tertiary/aromatic N) is 1. The number of nitrogens with two attached hydrogens (primary N) is 1. The molecule has 0 aliphatic heterocycles. The van der Waals surface area contributed by atoms with E-state index in [0.717, 1.165) is 10.9 Å². The summed E-state index contributed by atoms with van der Waals surface area (Å²) < 4.78 is 0. The van der Waals surface area contributed by atoms with Crippen LogP contribution in [0, 0.1) is 0 Å². The van der Waals surface area contributed by atoms with Crippen LogP contribution in [0.4, 0.5) is 11.4 Å². The molecule has 0 fully saturated rings. The third-order valence-corrected chi connectivity index (χ3v) is 4.51. The van der Waals surface area contributed by atoms with Crippen molar-refractivity contribution in [2.24, 2.45) is 0 Å². The molecule has 5 N–H and O–H groups in total. The maximum Gasteiger partial charge on any atom is 0.268 e. The normalized spacial score (nSPS) is 10.6. The highest BCUT2D eigenvalue weighted by molar-refractivity contribution is 6.05. The summed E-state index contributed by atoms with van der Waals surface area (Å²) in [6, 6.07) is 19.6. The third kappa shape index (κ3) is 4.08. The van der Waals surface area contributed by atoms with Crippen molar-refractivity contribution in [2.45, 2.75) is 6.54 Å². The lowest BCUT2D eigenvalue weighted by Crippen LogP contribution is -2.23. The number of fused-ring (bicyclic) bond motifs is 1. The van der Waals surface area contributed by atoms with Gasteiger partial charge in [0.05, 0.1) is 11.4 Å². The molecule has 0 aliphatic carbocycles. The van der Waals surface area contributed by atoms with Gasteiger partial charge in [-0.2, -0.15) is 0 Å². The number of benzene rings is 2. The van der Waals surface area contributed by atoms with E-state index in [9.17, 15) is 9.59 Å². The quantitative estimate of drug-likeness (QED) is 0.395. The second-order valence-corrected chi connectivity index (χ2v) is 6.55. The molecule has 0 unspecified atom stereocenters. The summed E-state index contributed by atoms with van der Waals surface area (Å²) in [7, 11) is 0. The maximum atomic E-state index is 12.4. The number of nitrogen functional groups attached to an aromatic ring is 1. The fraction of sp³-hybridized carbons (Fsp3) is 0.0455. The molecule has 2 amide bonds. The van der Waals surface area contributed by atoms with E-state index < -0.39 is 0 Å². The molecule has 4 aromatic rings. The number of aromatic amines is 1. The van der Waals surface area contributed by atoms with Crippen molar-refractivity contribution in [1.82, 2.24) is 15.3 Å². The first-order chi connectivity index (χ1) is 14.1. The molecule has 7 heteroatoms. The molecule has 2 aromatic carbocycles. The van der Waals surface area contributed by atoms with Crippen molar-refractivity contribution >= 4 is 34.2 Å². The number of carbonyl (C=O) groups is 2. The first kappa shape index (κ1) is 18.2. The molecule has 0 bridgehead atoms. The minimum atomic E-state index is -0.246. The topological polar surface area (TPSA) is 113 Å². The van der Waals surface area contributed by atoms with E-state index in [4.69, 9.17) is 5.73 Å². The molecule has 0 atom stereocenters. The number of amides is 2. The van der Waals surface area contributed by atoms with Crippen LogP contribution < -0.4 is 16.4 Å². The van der Waals surface area contributed by atoms with Crippen molar-refractivity contribution in [2.75, 3.05) is 11.1 Å². The van der Waals surface area contributed by atoms with E-state index in [0.29, 0.717) is 34.8 Å². The van der Waals surface area contributed by atoms with Crippen molar-refractivity contribution in [1.29, 1.82) is 0 Å². The van der Waals surface area contributed by atoms with Gasteiger partial charge in [-0.05, 0) is 48.0 Å². The standard InChI is InChI=1S/C22H19N5O2/c23-17-5-1-2-6-18(17)27-21(28)15-9-7-14(8-10-15)13-25-22(29)19-12-16-4-3-11-24-20(16)26-19/h1-12H,13,23H2,(H,24,26)(H,25,29)(H,27,28). The number of rotatable bonds is 5. The Morgan fingerprint density at radius 3 is 2.52 bits per heavy atom. The average Bonchev–Trinajstić information content (AvgIpc) is 3.18. The number of pyridine rings is 1. The summed E-state index contributed by atoms with van der Waals surface area (Å²) in [4.78, 5) is 31.9. The zero-order valence-corrected chi connectivity index (χ0v) is 15.5. The number of nitrogens with one attached hydrogen (secondary N) is 3. The highest BCUT2D eigenvalue weighted by Crippen LogP contribution is 2.18. The van der Waals surface area contributed by atoms with E-state index in [1.165, 1.54) is 0 Å². The second kappa shape index (κ2) is 7.85. The minimum absolute atomic E-state index is 0.218. The van der Waals surface area contributed by atoms with Crippen LogP contribution in [0.5, 0.6) is 0 Å². The SMILES string of the molecule is Nc1ccccc1NC(=O)c1ccc(CNC(=O)c2cc3cccnc3[nH]2)cc1. The number of hydrogen-bond acceptors (Lipinski definition) is 4. The number of para-hydroxylation sites is 2. The Bertz CT molecular complexity index is 1150. The van der Waals surface area contributed by atoms with Gasteiger partial charge < -0.3 is 21.4 Å².